The number of thiazole rings is 1. The standard InChI is InChI=1S/C30H34N4O4S/c1-2-27(35)33-26-14-11-20(17-31-26)23-9-5-6-10-24(23)25-18-39-30(32-25)34(22-12-13-22)29(38)21(16-28(36)37)15-19-7-3-4-8-19/h5-6,9-11,14,17-19,21-22H,2-4,7-8,12-13,15-16H2,1H3,(H,36,37)(H,31,33,35). The minimum absolute atomic E-state index is 0.0849. The van der Waals surface area contributed by atoms with Gasteiger partial charge in [-0.3, -0.25) is 19.3 Å². The molecule has 2 aliphatic carbocycles. The van der Waals surface area contributed by atoms with Crippen LogP contribution in [0.5, 0.6) is 0 Å². The summed E-state index contributed by atoms with van der Waals surface area (Å²) in [6.45, 7) is 1.79. The van der Waals surface area contributed by atoms with Crippen molar-refractivity contribution in [2.24, 2.45) is 11.8 Å². The summed E-state index contributed by atoms with van der Waals surface area (Å²) < 4.78 is 0. The first-order chi connectivity index (χ1) is 18.9. The van der Waals surface area contributed by atoms with Crippen molar-refractivity contribution in [2.75, 3.05) is 10.2 Å². The SMILES string of the molecule is CCC(=O)Nc1ccc(-c2ccccc2-c2csc(N(C(=O)C(CC(=O)O)CC3CCCC3)C3CC3)n2)cn1. The maximum absolute atomic E-state index is 13.8. The van der Waals surface area contributed by atoms with Crippen molar-refractivity contribution in [3.05, 3.63) is 48.0 Å². The first kappa shape index (κ1) is 27.0. The summed E-state index contributed by atoms with van der Waals surface area (Å²) >= 11 is 1.43. The number of carbonyl (C=O) groups is 3. The number of hydrogen-bond donors (Lipinski definition) is 2. The van der Waals surface area contributed by atoms with Crippen molar-refractivity contribution in [3.63, 3.8) is 0 Å². The number of benzene rings is 1. The largest absolute Gasteiger partial charge is 0.481 e. The van der Waals surface area contributed by atoms with Gasteiger partial charge in [0.05, 0.1) is 12.1 Å². The summed E-state index contributed by atoms with van der Waals surface area (Å²) in [6, 6.07) is 11.7. The van der Waals surface area contributed by atoms with Gasteiger partial charge in [0, 0.05) is 41.1 Å². The summed E-state index contributed by atoms with van der Waals surface area (Å²) in [6.07, 6.45) is 8.90. The maximum Gasteiger partial charge on any atom is 0.304 e. The lowest BCUT2D eigenvalue weighted by Crippen LogP contribution is -2.39. The molecule has 2 saturated carbocycles. The molecule has 2 N–H and O–H groups in total. The predicted molar refractivity (Wildman–Crippen MR) is 153 cm³/mol. The smallest absolute Gasteiger partial charge is 0.304 e. The highest BCUT2D eigenvalue weighted by atomic mass is 32.1. The molecular weight excluding hydrogens is 512 g/mol. The molecule has 2 aliphatic rings. The van der Waals surface area contributed by atoms with Crippen LogP contribution in [0.4, 0.5) is 10.9 Å². The van der Waals surface area contributed by atoms with Gasteiger partial charge in [-0.05, 0) is 42.9 Å². The van der Waals surface area contributed by atoms with Gasteiger partial charge < -0.3 is 10.4 Å². The Labute approximate surface area is 232 Å². The normalized spacial score (nSPS) is 16.1. The zero-order valence-corrected chi connectivity index (χ0v) is 23.0. The Kier molecular flexibility index (Phi) is 8.35. The minimum Gasteiger partial charge on any atom is -0.481 e. The number of pyridine rings is 1. The molecule has 9 heteroatoms. The summed E-state index contributed by atoms with van der Waals surface area (Å²) in [5.41, 5.74) is 3.52. The second kappa shape index (κ2) is 12.1. The van der Waals surface area contributed by atoms with Gasteiger partial charge in [0.2, 0.25) is 11.8 Å². The van der Waals surface area contributed by atoms with Gasteiger partial charge in [-0.2, -0.15) is 0 Å². The summed E-state index contributed by atoms with van der Waals surface area (Å²) in [7, 11) is 0. The Balaban J connectivity index is 1.40. The number of nitrogens with zero attached hydrogens (tertiary/aromatic N) is 3. The van der Waals surface area contributed by atoms with E-state index in [1.807, 2.05) is 35.7 Å². The monoisotopic (exact) mass is 546 g/mol. The predicted octanol–water partition coefficient (Wildman–Crippen LogP) is 6.39. The summed E-state index contributed by atoms with van der Waals surface area (Å²) in [5.74, 6) is -0.711. The molecule has 0 radical (unpaired) electrons. The number of anilines is 2. The van der Waals surface area contributed by atoms with Crippen LogP contribution in [0.2, 0.25) is 0 Å². The lowest BCUT2D eigenvalue weighted by Gasteiger charge is -2.26. The van der Waals surface area contributed by atoms with Gasteiger partial charge in [-0.25, -0.2) is 9.97 Å². The van der Waals surface area contributed by atoms with Crippen LogP contribution in [-0.4, -0.2) is 38.9 Å². The number of nitrogens with one attached hydrogen (secondary N) is 1. The van der Waals surface area contributed by atoms with E-state index in [-0.39, 0.29) is 24.3 Å². The second-order valence-corrected chi connectivity index (χ2v) is 11.4. The van der Waals surface area contributed by atoms with E-state index in [1.165, 1.54) is 11.3 Å². The zero-order valence-electron chi connectivity index (χ0n) is 22.1. The molecule has 39 heavy (non-hydrogen) atoms. The molecule has 2 heterocycles. The fourth-order valence-corrected chi connectivity index (χ4v) is 6.31. The van der Waals surface area contributed by atoms with Gasteiger partial charge >= 0.3 is 5.97 Å². The van der Waals surface area contributed by atoms with Crippen LogP contribution in [-0.2, 0) is 14.4 Å². The van der Waals surface area contributed by atoms with Crippen molar-refractivity contribution >= 4 is 40.1 Å². The molecule has 2 aromatic heterocycles. The molecule has 0 bridgehead atoms. The molecule has 3 aromatic rings. The lowest BCUT2D eigenvalue weighted by molar-refractivity contribution is -0.141. The summed E-state index contributed by atoms with van der Waals surface area (Å²) in [5, 5.41) is 14.9. The highest BCUT2D eigenvalue weighted by Gasteiger charge is 2.40. The third-order valence-corrected chi connectivity index (χ3v) is 8.42. The third-order valence-electron chi connectivity index (χ3n) is 7.58. The van der Waals surface area contributed by atoms with E-state index in [1.54, 1.807) is 24.1 Å². The van der Waals surface area contributed by atoms with E-state index in [0.29, 0.717) is 29.7 Å². The number of aromatic nitrogens is 2. The van der Waals surface area contributed by atoms with E-state index in [0.717, 1.165) is 60.9 Å². The molecule has 1 aromatic carbocycles. The molecule has 0 saturated heterocycles. The van der Waals surface area contributed by atoms with E-state index in [9.17, 15) is 19.5 Å². The lowest BCUT2D eigenvalue weighted by atomic mass is 9.90. The van der Waals surface area contributed by atoms with E-state index in [4.69, 9.17) is 4.98 Å². The van der Waals surface area contributed by atoms with Crippen molar-refractivity contribution in [1.29, 1.82) is 0 Å². The first-order valence-corrected chi connectivity index (χ1v) is 14.7. The van der Waals surface area contributed by atoms with Crippen molar-refractivity contribution < 1.29 is 19.5 Å². The Morgan fingerprint density at radius 2 is 1.82 bits per heavy atom. The minimum atomic E-state index is -0.926. The first-order valence-electron chi connectivity index (χ1n) is 13.8. The van der Waals surface area contributed by atoms with E-state index >= 15 is 0 Å². The fraction of sp³-hybridized carbons (Fsp3) is 0.433. The molecule has 0 spiro atoms. The molecule has 2 amide bonds. The van der Waals surface area contributed by atoms with Crippen LogP contribution in [0.1, 0.15) is 64.7 Å². The molecule has 204 valence electrons. The molecule has 0 aliphatic heterocycles. The van der Waals surface area contributed by atoms with Gasteiger partial charge in [0.15, 0.2) is 5.13 Å². The van der Waals surface area contributed by atoms with Crippen LogP contribution in [0.15, 0.2) is 48.0 Å². The molecule has 1 unspecified atom stereocenters. The second-order valence-electron chi connectivity index (χ2n) is 10.5. The van der Waals surface area contributed by atoms with Gasteiger partial charge in [-0.1, -0.05) is 56.9 Å². The summed E-state index contributed by atoms with van der Waals surface area (Å²) in [4.78, 5) is 48.3. The Hall–Kier alpha value is -3.59. The number of aliphatic carboxylic acids is 1. The maximum atomic E-state index is 13.8. The van der Waals surface area contributed by atoms with Crippen LogP contribution in [0.3, 0.4) is 0 Å². The van der Waals surface area contributed by atoms with Crippen LogP contribution < -0.4 is 10.2 Å². The van der Waals surface area contributed by atoms with E-state index < -0.39 is 11.9 Å². The zero-order chi connectivity index (χ0) is 27.4. The van der Waals surface area contributed by atoms with Crippen molar-refractivity contribution in [3.8, 4) is 22.4 Å². The average molecular weight is 547 g/mol. The quantitative estimate of drug-likeness (QED) is 0.288. The van der Waals surface area contributed by atoms with Crippen molar-refractivity contribution in [2.45, 2.75) is 70.8 Å². The highest BCUT2D eigenvalue weighted by molar-refractivity contribution is 7.14. The topological polar surface area (TPSA) is 112 Å². The number of carboxylic acids is 1. The van der Waals surface area contributed by atoms with Gasteiger partial charge in [0.25, 0.3) is 0 Å². The number of hydrogen-bond acceptors (Lipinski definition) is 6. The Morgan fingerprint density at radius 3 is 2.46 bits per heavy atom. The number of carboxylic acid groups (broad SMARTS) is 1. The molecular formula is C30H34N4O4S. The number of rotatable bonds is 11. The Bertz CT molecular complexity index is 1330. The number of amides is 2. The molecule has 8 nitrogen and oxygen atoms in total. The molecule has 1 atom stereocenters. The van der Waals surface area contributed by atoms with Crippen LogP contribution >= 0.6 is 11.3 Å². The van der Waals surface area contributed by atoms with Gasteiger partial charge in [0.1, 0.15) is 5.82 Å². The highest BCUT2D eigenvalue weighted by Crippen LogP contribution is 2.40. The fourth-order valence-electron chi connectivity index (χ4n) is 5.41. The average Bonchev–Trinajstić information content (AvgIpc) is 3.41. The van der Waals surface area contributed by atoms with Crippen molar-refractivity contribution in [1.82, 2.24) is 9.97 Å². The van der Waals surface area contributed by atoms with Crippen LogP contribution in [0.25, 0.3) is 22.4 Å². The third kappa shape index (κ3) is 6.53. The molecule has 5 rings (SSSR count). The van der Waals surface area contributed by atoms with E-state index in [2.05, 4.69) is 10.3 Å². The molecule has 2 fully saturated rings. The van der Waals surface area contributed by atoms with Crippen LogP contribution in [0, 0.1) is 11.8 Å². The number of carbonyl (C=O) groups excluding carboxylic acids is 2. The Morgan fingerprint density at radius 1 is 1.08 bits per heavy atom. The van der Waals surface area contributed by atoms with Gasteiger partial charge in [-0.15, -0.1) is 11.3 Å².